The van der Waals surface area contributed by atoms with Crippen molar-refractivity contribution >= 4 is 44.8 Å². The molecule has 0 saturated carbocycles. The summed E-state index contributed by atoms with van der Waals surface area (Å²) in [5, 5.41) is 5.01. The third-order valence-corrected chi connectivity index (χ3v) is 11.5. The number of fused-ring (bicyclic) bond motifs is 2. The van der Waals surface area contributed by atoms with E-state index in [0.717, 1.165) is 0 Å². The Bertz CT molecular complexity index is 2960. The number of hydrogen-bond acceptors (Lipinski definition) is 0. The zero-order chi connectivity index (χ0) is 40.1. The second-order valence-electron chi connectivity index (χ2n) is 15.2. The van der Waals surface area contributed by atoms with Crippen LogP contribution >= 0.6 is 0 Å². The summed E-state index contributed by atoms with van der Waals surface area (Å²) in [4.78, 5) is 0. The minimum atomic E-state index is 1.17. The van der Waals surface area contributed by atoms with Gasteiger partial charge in [0.15, 0.2) is 0 Å². The fourth-order valence-electron chi connectivity index (χ4n) is 8.57. The average Bonchev–Trinajstić information content (AvgIpc) is 3.33. The molecule has 10 rings (SSSR count). The summed E-state index contributed by atoms with van der Waals surface area (Å²) in [7, 11) is 0. The smallest absolute Gasteiger partial charge is 0.00264 e. The van der Waals surface area contributed by atoms with Crippen molar-refractivity contribution in [3.05, 3.63) is 276 Å². The molecule has 10 aromatic carbocycles. The molecule has 0 heterocycles. The third-order valence-electron chi connectivity index (χ3n) is 11.5. The van der Waals surface area contributed by atoms with Crippen LogP contribution in [0, 0.1) is 0 Å². The minimum Gasteiger partial charge on any atom is -0.0622 e. The molecule has 0 spiro atoms. The summed E-state index contributed by atoms with van der Waals surface area (Å²) in [6.45, 7) is 0. The lowest BCUT2D eigenvalue weighted by molar-refractivity contribution is 1.55. The van der Waals surface area contributed by atoms with E-state index in [1.165, 1.54) is 99.5 Å². The van der Waals surface area contributed by atoms with Gasteiger partial charge in [-0.1, -0.05) is 243 Å². The van der Waals surface area contributed by atoms with E-state index in [0.29, 0.717) is 0 Å². The number of rotatable bonds is 9. The molecule has 0 unspecified atom stereocenters. The fourth-order valence-corrected chi connectivity index (χ4v) is 8.57. The highest BCUT2D eigenvalue weighted by Crippen LogP contribution is 2.44. The van der Waals surface area contributed by atoms with E-state index in [1.54, 1.807) is 0 Å². The van der Waals surface area contributed by atoms with Crippen molar-refractivity contribution in [1.29, 1.82) is 0 Å². The molecule has 0 N–H and O–H groups in total. The molecule has 0 radical (unpaired) electrons. The SMILES string of the molecule is C(=C(c1ccccc1)c1ccccc1)c1ccc(-c2ccc(-c3c4ccccc4c(-c4ccc(C=C(c5ccccc5)c5ccccc5)cc4)c4ccccc34)cc2)cc1. The highest BCUT2D eigenvalue weighted by molar-refractivity contribution is 6.21. The third kappa shape index (κ3) is 7.39. The molecule has 0 aliphatic heterocycles. The molecule has 0 atom stereocenters. The molecule has 60 heavy (non-hydrogen) atoms. The number of benzene rings is 10. The maximum Gasteiger partial charge on any atom is -0.00264 e. The fraction of sp³-hybridized carbons (Fsp3) is 0. The van der Waals surface area contributed by atoms with Crippen LogP contribution in [0.2, 0.25) is 0 Å². The molecule has 10 aromatic rings. The van der Waals surface area contributed by atoms with E-state index in [2.05, 4.69) is 255 Å². The normalized spacial score (nSPS) is 11.0. The summed E-state index contributed by atoms with van der Waals surface area (Å²) in [6, 6.07) is 87.5. The molecule has 0 bridgehead atoms. The Hall–Kier alpha value is -7.80. The largest absolute Gasteiger partial charge is 0.0622 e. The van der Waals surface area contributed by atoms with Gasteiger partial charge >= 0.3 is 0 Å². The van der Waals surface area contributed by atoms with Gasteiger partial charge in [0, 0.05) is 0 Å². The van der Waals surface area contributed by atoms with Crippen LogP contribution in [0.3, 0.4) is 0 Å². The van der Waals surface area contributed by atoms with Crippen LogP contribution in [0.5, 0.6) is 0 Å². The molecule has 0 aliphatic rings. The van der Waals surface area contributed by atoms with Crippen LogP contribution < -0.4 is 0 Å². The maximum absolute atomic E-state index is 2.30. The topological polar surface area (TPSA) is 0 Å². The van der Waals surface area contributed by atoms with Crippen LogP contribution in [0.4, 0.5) is 0 Å². The van der Waals surface area contributed by atoms with Crippen LogP contribution in [-0.4, -0.2) is 0 Å². The molecule has 0 nitrogen and oxygen atoms in total. The lowest BCUT2D eigenvalue weighted by Crippen LogP contribution is -1.91. The molecular weight excluding hydrogens is 721 g/mol. The predicted octanol–water partition coefficient (Wildman–Crippen LogP) is 16.2. The minimum absolute atomic E-state index is 1.17. The Morgan fingerprint density at radius 3 is 0.750 bits per heavy atom. The highest BCUT2D eigenvalue weighted by atomic mass is 14.2. The lowest BCUT2D eigenvalue weighted by atomic mass is 9.85. The quantitative estimate of drug-likeness (QED) is 0.101. The summed E-state index contributed by atoms with van der Waals surface area (Å²) >= 11 is 0. The van der Waals surface area contributed by atoms with E-state index in [9.17, 15) is 0 Å². The maximum atomic E-state index is 2.30. The van der Waals surface area contributed by atoms with E-state index in [1.807, 2.05) is 0 Å². The molecule has 0 saturated heterocycles. The van der Waals surface area contributed by atoms with Gasteiger partial charge in [-0.3, -0.25) is 0 Å². The zero-order valence-corrected chi connectivity index (χ0v) is 33.2. The Morgan fingerprint density at radius 2 is 0.450 bits per heavy atom. The standard InChI is InChI=1S/C60H42/c1-5-17-47(18-6-1)57(48-19-7-2-8-20-48)41-43-29-33-45(34-30-43)46-37-39-52(40-38-46)60-55-27-15-13-25-53(55)59(54-26-14-16-28-56(54)60)51-35-31-44(32-36-51)42-58(49-21-9-3-10-22-49)50-23-11-4-12-24-50/h1-42H. The van der Waals surface area contributed by atoms with E-state index < -0.39 is 0 Å². The predicted molar refractivity (Wildman–Crippen MR) is 257 cm³/mol. The Kier molecular flexibility index (Phi) is 10.1. The first-order chi connectivity index (χ1) is 29.8. The summed E-state index contributed by atoms with van der Waals surface area (Å²) in [5.74, 6) is 0. The van der Waals surface area contributed by atoms with Crippen LogP contribution in [0.15, 0.2) is 243 Å². The van der Waals surface area contributed by atoms with Crippen molar-refractivity contribution in [2.75, 3.05) is 0 Å². The van der Waals surface area contributed by atoms with Crippen molar-refractivity contribution in [1.82, 2.24) is 0 Å². The second kappa shape index (κ2) is 16.6. The average molecular weight is 763 g/mol. The van der Waals surface area contributed by atoms with Crippen molar-refractivity contribution in [3.63, 3.8) is 0 Å². The monoisotopic (exact) mass is 762 g/mol. The van der Waals surface area contributed by atoms with Gasteiger partial charge < -0.3 is 0 Å². The van der Waals surface area contributed by atoms with Crippen LogP contribution in [0.25, 0.3) is 78.2 Å². The Balaban J connectivity index is 0.992. The van der Waals surface area contributed by atoms with Crippen molar-refractivity contribution in [3.8, 4) is 33.4 Å². The van der Waals surface area contributed by atoms with Gasteiger partial charge in [-0.2, -0.15) is 0 Å². The Morgan fingerprint density at radius 1 is 0.217 bits per heavy atom. The van der Waals surface area contributed by atoms with Crippen molar-refractivity contribution in [2.45, 2.75) is 0 Å². The van der Waals surface area contributed by atoms with E-state index in [4.69, 9.17) is 0 Å². The first-order valence-electron chi connectivity index (χ1n) is 20.7. The van der Waals surface area contributed by atoms with Gasteiger partial charge in [0.05, 0.1) is 0 Å². The Labute approximate surface area is 352 Å². The van der Waals surface area contributed by atoms with Crippen molar-refractivity contribution < 1.29 is 0 Å². The lowest BCUT2D eigenvalue weighted by Gasteiger charge is -2.18. The van der Waals surface area contributed by atoms with Gasteiger partial charge in [-0.15, -0.1) is 0 Å². The van der Waals surface area contributed by atoms with E-state index in [-0.39, 0.29) is 0 Å². The van der Waals surface area contributed by atoms with Crippen LogP contribution in [0.1, 0.15) is 33.4 Å². The first kappa shape index (κ1) is 36.5. The summed E-state index contributed by atoms with van der Waals surface area (Å²) < 4.78 is 0. The highest BCUT2D eigenvalue weighted by Gasteiger charge is 2.17. The molecule has 282 valence electrons. The molecule has 0 aromatic heterocycles. The molecule has 0 aliphatic carbocycles. The summed E-state index contributed by atoms with van der Waals surface area (Å²) in [6.07, 6.45) is 4.59. The number of hydrogen-bond donors (Lipinski definition) is 0. The van der Waals surface area contributed by atoms with Gasteiger partial charge in [0.2, 0.25) is 0 Å². The van der Waals surface area contributed by atoms with Gasteiger partial charge in [0.25, 0.3) is 0 Å². The van der Waals surface area contributed by atoms with E-state index >= 15 is 0 Å². The molecule has 0 amide bonds. The molecule has 0 fully saturated rings. The second-order valence-corrected chi connectivity index (χ2v) is 15.2. The zero-order valence-electron chi connectivity index (χ0n) is 33.2. The van der Waals surface area contributed by atoms with Gasteiger partial charge in [0.1, 0.15) is 0 Å². The summed E-state index contributed by atoms with van der Waals surface area (Å²) in [5.41, 5.74) is 16.9. The molecular formula is C60H42. The van der Waals surface area contributed by atoms with Gasteiger partial charge in [-0.25, -0.2) is 0 Å². The van der Waals surface area contributed by atoms with Gasteiger partial charge in [-0.05, 0) is 112 Å². The molecule has 0 heteroatoms. The first-order valence-corrected chi connectivity index (χ1v) is 20.7. The van der Waals surface area contributed by atoms with Crippen molar-refractivity contribution in [2.24, 2.45) is 0 Å². The van der Waals surface area contributed by atoms with Crippen LogP contribution in [-0.2, 0) is 0 Å².